The minimum absolute atomic E-state index is 0.250. The van der Waals surface area contributed by atoms with Crippen LogP contribution < -0.4 is 10.1 Å². The lowest BCUT2D eigenvalue weighted by molar-refractivity contribution is 0.0520. The predicted molar refractivity (Wildman–Crippen MR) is 139 cm³/mol. The van der Waals surface area contributed by atoms with Crippen LogP contribution in [0, 0.1) is 18.3 Å². The average molecular weight is 511 g/mol. The van der Waals surface area contributed by atoms with Crippen molar-refractivity contribution in [3.8, 4) is 34.6 Å². The molecule has 0 saturated carbocycles. The van der Waals surface area contributed by atoms with Crippen molar-refractivity contribution < 1.29 is 19.1 Å². The first-order valence-electron chi connectivity index (χ1n) is 11.8. The second-order valence-electron chi connectivity index (χ2n) is 9.35. The molecule has 4 aromatic rings. The number of benzene rings is 2. The van der Waals surface area contributed by atoms with E-state index in [0.717, 1.165) is 5.56 Å². The summed E-state index contributed by atoms with van der Waals surface area (Å²) in [5.74, 6) is 0.772. The van der Waals surface area contributed by atoms with Gasteiger partial charge in [-0.2, -0.15) is 15.3 Å². The number of nitrogens with zero attached hydrogens (tertiary/aromatic N) is 5. The number of aromatic nitrogens is 4. The summed E-state index contributed by atoms with van der Waals surface area (Å²) in [5, 5.41) is 16.2. The van der Waals surface area contributed by atoms with Gasteiger partial charge in [-0.25, -0.2) is 14.5 Å². The molecule has 1 N–H and O–H groups in total. The molecule has 1 amide bonds. The number of carbonyl (C=O) groups is 2. The Hall–Kier alpha value is -5.04. The van der Waals surface area contributed by atoms with Crippen molar-refractivity contribution in [2.75, 3.05) is 6.54 Å². The number of Topliss-reactive ketones (excluding diaryl/α,β-unsaturated/α-hetero) is 1. The lowest BCUT2D eigenvalue weighted by Gasteiger charge is -2.19. The van der Waals surface area contributed by atoms with E-state index in [1.54, 1.807) is 52.0 Å². The normalized spacial score (nSPS) is 10.9. The number of alkyl carbamates (subject to hydrolysis) is 1. The number of ketones is 1. The molecule has 2 heterocycles. The molecule has 0 saturated heterocycles. The maximum atomic E-state index is 12.6. The number of aryl methyl sites for hydroxylation is 1. The Morgan fingerprint density at radius 2 is 1.84 bits per heavy atom. The lowest BCUT2D eigenvalue weighted by atomic mass is 10.1. The first kappa shape index (κ1) is 26.0. The van der Waals surface area contributed by atoms with E-state index in [2.05, 4.69) is 26.5 Å². The SMILES string of the molecule is Cc1nc(Oc2cc(C#N)ccc2-n2cc(C(=O)CNC(=O)OC(C)(C)C)cn2)cc(-c2ccccc2)n1. The van der Waals surface area contributed by atoms with Gasteiger partial charge in [-0.05, 0) is 39.8 Å². The van der Waals surface area contributed by atoms with Crippen molar-refractivity contribution in [1.29, 1.82) is 5.26 Å². The van der Waals surface area contributed by atoms with Crippen LogP contribution in [0.5, 0.6) is 11.6 Å². The maximum Gasteiger partial charge on any atom is 0.408 e. The summed E-state index contributed by atoms with van der Waals surface area (Å²) in [5.41, 5.74) is 2.07. The van der Waals surface area contributed by atoms with Crippen molar-refractivity contribution in [2.45, 2.75) is 33.3 Å². The van der Waals surface area contributed by atoms with Gasteiger partial charge in [0.2, 0.25) is 5.88 Å². The first-order valence-corrected chi connectivity index (χ1v) is 11.8. The van der Waals surface area contributed by atoms with Crippen molar-refractivity contribution >= 4 is 11.9 Å². The number of amides is 1. The Morgan fingerprint density at radius 3 is 2.55 bits per heavy atom. The van der Waals surface area contributed by atoms with Gasteiger partial charge in [-0.3, -0.25) is 4.79 Å². The molecule has 38 heavy (non-hydrogen) atoms. The summed E-state index contributed by atoms with van der Waals surface area (Å²) in [6, 6.07) is 18.3. The predicted octanol–water partition coefficient (Wildman–Crippen LogP) is 5.01. The van der Waals surface area contributed by atoms with E-state index >= 15 is 0 Å². The third-order valence-electron chi connectivity index (χ3n) is 5.13. The monoisotopic (exact) mass is 510 g/mol. The minimum atomic E-state index is -0.684. The number of ether oxygens (including phenoxy) is 2. The van der Waals surface area contributed by atoms with Gasteiger partial charge in [0.15, 0.2) is 11.5 Å². The smallest absolute Gasteiger partial charge is 0.408 e. The molecule has 192 valence electrons. The fourth-order valence-electron chi connectivity index (χ4n) is 3.48. The van der Waals surface area contributed by atoms with Crippen LogP contribution in [-0.2, 0) is 4.74 Å². The molecule has 0 aliphatic rings. The molecule has 0 atom stereocenters. The highest BCUT2D eigenvalue weighted by atomic mass is 16.6. The van der Waals surface area contributed by atoms with Crippen LogP contribution in [0.2, 0.25) is 0 Å². The molecule has 2 aromatic carbocycles. The molecular weight excluding hydrogens is 484 g/mol. The van der Waals surface area contributed by atoms with Gasteiger partial charge in [-0.15, -0.1) is 0 Å². The van der Waals surface area contributed by atoms with E-state index in [1.165, 1.54) is 17.1 Å². The number of rotatable bonds is 7. The van der Waals surface area contributed by atoms with Crippen LogP contribution in [0.3, 0.4) is 0 Å². The summed E-state index contributed by atoms with van der Waals surface area (Å²) >= 11 is 0. The van der Waals surface area contributed by atoms with Crippen LogP contribution in [0.4, 0.5) is 4.79 Å². The van der Waals surface area contributed by atoms with Gasteiger partial charge >= 0.3 is 6.09 Å². The largest absolute Gasteiger partial charge is 0.444 e. The Balaban J connectivity index is 1.58. The number of nitrogens with one attached hydrogen (secondary N) is 1. The molecule has 2 aromatic heterocycles. The molecule has 0 unspecified atom stereocenters. The molecule has 0 spiro atoms. The summed E-state index contributed by atoms with van der Waals surface area (Å²) < 4.78 is 12.7. The molecule has 0 aliphatic heterocycles. The highest BCUT2D eigenvalue weighted by Crippen LogP contribution is 2.30. The van der Waals surface area contributed by atoms with Crippen molar-refractivity contribution in [3.05, 3.63) is 83.9 Å². The molecule has 10 nitrogen and oxygen atoms in total. The van der Waals surface area contributed by atoms with Crippen LogP contribution >= 0.6 is 0 Å². The number of nitriles is 1. The quantitative estimate of drug-likeness (QED) is 0.343. The zero-order chi connectivity index (χ0) is 27.3. The second kappa shape index (κ2) is 10.9. The van der Waals surface area contributed by atoms with Crippen molar-refractivity contribution in [1.82, 2.24) is 25.1 Å². The zero-order valence-corrected chi connectivity index (χ0v) is 21.4. The van der Waals surface area contributed by atoms with Gasteiger partial charge in [0, 0.05) is 23.9 Å². The Labute approximate surface area is 219 Å². The zero-order valence-electron chi connectivity index (χ0n) is 21.4. The fraction of sp³-hybridized carbons (Fsp3) is 0.214. The van der Waals surface area contributed by atoms with Gasteiger partial charge < -0.3 is 14.8 Å². The Bertz CT molecular complexity index is 1520. The highest BCUT2D eigenvalue weighted by Gasteiger charge is 2.19. The standard InChI is InChI=1S/C28H26N6O4/c1-18-32-22(20-8-6-5-7-9-20)13-26(33-18)37-25-12-19(14-29)10-11-23(25)34-17-21(15-31-34)24(35)16-30-27(36)38-28(2,3)4/h5-13,15,17H,16H2,1-4H3,(H,30,36). The molecule has 10 heteroatoms. The molecule has 0 bridgehead atoms. The van der Waals surface area contributed by atoms with Crippen molar-refractivity contribution in [2.24, 2.45) is 0 Å². The maximum absolute atomic E-state index is 12.6. The topological polar surface area (TPSA) is 132 Å². The lowest BCUT2D eigenvalue weighted by Crippen LogP contribution is -2.35. The molecular formula is C28H26N6O4. The van der Waals surface area contributed by atoms with E-state index < -0.39 is 11.7 Å². The molecule has 0 fully saturated rings. The van der Waals surface area contributed by atoms with Gasteiger partial charge in [-0.1, -0.05) is 30.3 Å². The van der Waals surface area contributed by atoms with Gasteiger partial charge in [0.25, 0.3) is 0 Å². The van der Waals surface area contributed by atoms with Crippen molar-refractivity contribution in [3.63, 3.8) is 0 Å². The highest BCUT2D eigenvalue weighted by molar-refractivity contribution is 5.98. The summed E-state index contributed by atoms with van der Waals surface area (Å²) in [4.78, 5) is 33.4. The van der Waals surface area contributed by atoms with Crippen LogP contribution in [0.15, 0.2) is 67.0 Å². The van der Waals surface area contributed by atoms with Crippen LogP contribution in [-0.4, -0.2) is 43.8 Å². The third kappa shape index (κ3) is 6.59. The van der Waals surface area contributed by atoms with Crippen LogP contribution in [0.1, 0.15) is 42.5 Å². The summed E-state index contributed by atoms with van der Waals surface area (Å²) in [7, 11) is 0. The van der Waals surface area contributed by atoms with E-state index in [4.69, 9.17) is 9.47 Å². The number of carbonyl (C=O) groups excluding carboxylic acids is 2. The Kier molecular flexibility index (Phi) is 7.48. The van der Waals surface area contributed by atoms with Crippen LogP contribution in [0.25, 0.3) is 16.9 Å². The van der Waals surface area contributed by atoms with E-state index in [1.807, 2.05) is 30.3 Å². The number of hydrogen-bond donors (Lipinski definition) is 1. The number of hydrogen-bond acceptors (Lipinski definition) is 8. The summed E-state index contributed by atoms with van der Waals surface area (Å²) in [6.45, 7) is 6.73. The van der Waals surface area contributed by atoms with E-state index in [0.29, 0.717) is 28.5 Å². The molecule has 0 aliphatic carbocycles. The average Bonchev–Trinajstić information content (AvgIpc) is 3.36. The van der Waals surface area contributed by atoms with Gasteiger partial charge in [0.05, 0.1) is 35.6 Å². The molecule has 4 rings (SSSR count). The first-order chi connectivity index (χ1) is 18.1. The van der Waals surface area contributed by atoms with E-state index in [-0.39, 0.29) is 23.8 Å². The minimum Gasteiger partial charge on any atom is -0.444 e. The summed E-state index contributed by atoms with van der Waals surface area (Å²) in [6.07, 6.45) is 2.23. The fourth-order valence-corrected chi connectivity index (χ4v) is 3.48. The molecule has 0 radical (unpaired) electrons. The Morgan fingerprint density at radius 1 is 1.08 bits per heavy atom. The van der Waals surface area contributed by atoms with E-state index in [9.17, 15) is 14.9 Å². The third-order valence-corrected chi connectivity index (χ3v) is 5.13. The second-order valence-corrected chi connectivity index (χ2v) is 9.35. The van der Waals surface area contributed by atoms with Gasteiger partial charge in [0.1, 0.15) is 17.1 Å².